The normalized spacial score (nSPS) is 11.6. The summed E-state index contributed by atoms with van der Waals surface area (Å²) < 4.78 is 4.98. The molecule has 0 spiro atoms. The number of hydrogen-bond acceptors (Lipinski definition) is 4. The first-order valence-electron chi connectivity index (χ1n) is 4.87. The molecule has 0 radical (unpaired) electrons. The molecule has 0 aliphatic rings. The molecule has 1 heterocycles. The molecule has 3 nitrogen and oxygen atoms in total. The van der Waals surface area contributed by atoms with Gasteiger partial charge in [0.2, 0.25) is 0 Å². The Hall–Kier alpha value is -1.23. The lowest BCUT2D eigenvalue weighted by atomic mass is 10.0. The third kappa shape index (κ3) is 2.91. The second-order valence-electron chi connectivity index (χ2n) is 3.47. The van der Waals surface area contributed by atoms with Gasteiger partial charge in [-0.2, -0.15) is 11.3 Å². The van der Waals surface area contributed by atoms with E-state index < -0.39 is 0 Å². The van der Waals surface area contributed by atoms with Gasteiger partial charge in [-0.25, -0.2) is 0 Å². The number of hydrogen-bond donors (Lipinski definition) is 2. The molecule has 1 aromatic heterocycles. The van der Waals surface area contributed by atoms with Crippen LogP contribution in [0.4, 0.5) is 0 Å². The van der Waals surface area contributed by atoms with Gasteiger partial charge in [0.05, 0.1) is 13.2 Å². The largest absolute Gasteiger partial charge is 0.504 e. The third-order valence-corrected chi connectivity index (χ3v) is 3.17. The minimum atomic E-state index is -0.206. The van der Waals surface area contributed by atoms with Crippen LogP contribution in [-0.2, 0) is 0 Å². The fourth-order valence-corrected chi connectivity index (χ4v) is 2.24. The van der Waals surface area contributed by atoms with Gasteiger partial charge in [-0.05, 0) is 40.1 Å². The maximum atomic E-state index is 9.66. The van der Waals surface area contributed by atoms with E-state index in [2.05, 4.69) is 0 Å². The van der Waals surface area contributed by atoms with Crippen molar-refractivity contribution in [1.82, 2.24) is 0 Å². The summed E-state index contributed by atoms with van der Waals surface area (Å²) in [5.74, 6) is 0.576. The maximum Gasteiger partial charge on any atom is 0.160 e. The summed E-state index contributed by atoms with van der Waals surface area (Å²) in [5, 5.41) is 13.7. The van der Waals surface area contributed by atoms with Crippen LogP contribution in [0.15, 0.2) is 35.0 Å². The Morgan fingerprint density at radius 3 is 2.59 bits per heavy atom. The molecule has 0 amide bonds. The van der Waals surface area contributed by atoms with Crippen LogP contribution < -0.4 is 10.5 Å². The lowest BCUT2D eigenvalue weighted by molar-refractivity contribution is 0.373. The fourth-order valence-electron chi connectivity index (χ4n) is 1.54. The van der Waals surface area contributed by atoms with Gasteiger partial charge < -0.3 is 15.6 Å². The quantitative estimate of drug-likeness (QED) is 0.902. The number of rotatable bonds is 3. The zero-order chi connectivity index (χ0) is 11.5. The highest BCUT2D eigenvalue weighted by molar-refractivity contribution is 7.08. The summed E-state index contributed by atoms with van der Waals surface area (Å²) in [7, 11) is 1.52. The van der Waals surface area contributed by atoms with Crippen molar-refractivity contribution in [2.75, 3.05) is 7.11 Å². The number of phenolic OH excluding ortho intramolecular Hbond substituents is 1. The molecule has 1 atom stereocenters. The molecule has 92 valence electrons. The predicted octanol–water partition coefficient (Wildman–Crippen LogP) is 2.93. The lowest BCUT2D eigenvalue weighted by Gasteiger charge is -2.12. The minimum Gasteiger partial charge on any atom is -0.504 e. The lowest BCUT2D eigenvalue weighted by Crippen LogP contribution is -2.10. The van der Waals surface area contributed by atoms with E-state index in [4.69, 9.17) is 10.5 Å². The fraction of sp³-hybridized carbons (Fsp3) is 0.167. The first kappa shape index (κ1) is 13.8. The Morgan fingerprint density at radius 1 is 1.29 bits per heavy atom. The van der Waals surface area contributed by atoms with Crippen LogP contribution >= 0.6 is 23.7 Å². The number of phenols is 1. The third-order valence-electron chi connectivity index (χ3n) is 2.46. The van der Waals surface area contributed by atoms with E-state index in [0.29, 0.717) is 5.75 Å². The molecular weight excluding hydrogens is 258 g/mol. The summed E-state index contributed by atoms with van der Waals surface area (Å²) in [6.45, 7) is 0. The molecule has 0 saturated heterocycles. The van der Waals surface area contributed by atoms with E-state index >= 15 is 0 Å². The average Bonchev–Trinajstić information content (AvgIpc) is 2.81. The summed E-state index contributed by atoms with van der Waals surface area (Å²) in [6.07, 6.45) is 0. The number of nitrogens with two attached hydrogens (primary N) is 1. The molecule has 0 fully saturated rings. The average molecular weight is 272 g/mol. The van der Waals surface area contributed by atoms with Crippen LogP contribution in [0.25, 0.3) is 0 Å². The van der Waals surface area contributed by atoms with Crippen LogP contribution in [0.2, 0.25) is 0 Å². The highest BCUT2D eigenvalue weighted by Crippen LogP contribution is 2.30. The Balaban J connectivity index is 0.00000144. The molecule has 17 heavy (non-hydrogen) atoms. The SMILES string of the molecule is COc1ccc([C@@H](N)c2ccsc2)cc1O.Cl. The molecule has 0 aliphatic carbocycles. The van der Waals surface area contributed by atoms with Crippen molar-refractivity contribution in [1.29, 1.82) is 0 Å². The molecule has 3 N–H and O–H groups in total. The molecule has 0 aliphatic heterocycles. The summed E-state index contributed by atoms with van der Waals surface area (Å²) in [6, 6.07) is 7.00. The van der Waals surface area contributed by atoms with Crippen LogP contribution in [0.1, 0.15) is 17.2 Å². The Labute approximate surface area is 110 Å². The summed E-state index contributed by atoms with van der Waals surface area (Å²) >= 11 is 1.61. The van der Waals surface area contributed by atoms with Crippen molar-refractivity contribution in [3.63, 3.8) is 0 Å². The predicted molar refractivity (Wildman–Crippen MR) is 72.3 cm³/mol. The molecule has 0 saturated carbocycles. The number of benzene rings is 1. The van der Waals surface area contributed by atoms with Crippen molar-refractivity contribution < 1.29 is 9.84 Å². The van der Waals surface area contributed by atoms with Crippen molar-refractivity contribution in [3.8, 4) is 11.5 Å². The van der Waals surface area contributed by atoms with Gasteiger partial charge in [-0.3, -0.25) is 0 Å². The first-order chi connectivity index (χ1) is 7.72. The minimum absolute atomic E-state index is 0. The van der Waals surface area contributed by atoms with E-state index in [-0.39, 0.29) is 24.2 Å². The second kappa shape index (κ2) is 5.91. The van der Waals surface area contributed by atoms with Crippen LogP contribution in [0.5, 0.6) is 11.5 Å². The highest BCUT2D eigenvalue weighted by Gasteiger charge is 2.11. The molecule has 2 aromatic rings. The molecule has 5 heteroatoms. The summed E-state index contributed by atoms with van der Waals surface area (Å²) in [5.41, 5.74) is 8.00. The maximum absolute atomic E-state index is 9.66. The van der Waals surface area contributed by atoms with Gasteiger partial charge in [0.1, 0.15) is 0 Å². The van der Waals surface area contributed by atoms with E-state index in [0.717, 1.165) is 11.1 Å². The van der Waals surface area contributed by atoms with E-state index in [9.17, 15) is 5.11 Å². The summed E-state index contributed by atoms with van der Waals surface area (Å²) in [4.78, 5) is 0. The van der Waals surface area contributed by atoms with Crippen LogP contribution in [-0.4, -0.2) is 12.2 Å². The van der Waals surface area contributed by atoms with Gasteiger partial charge in [0.15, 0.2) is 11.5 Å². The van der Waals surface area contributed by atoms with Crippen molar-refractivity contribution in [2.45, 2.75) is 6.04 Å². The smallest absolute Gasteiger partial charge is 0.160 e. The zero-order valence-electron chi connectivity index (χ0n) is 9.29. The Morgan fingerprint density at radius 2 is 2.06 bits per heavy atom. The Kier molecular flexibility index (Phi) is 4.81. The van der Waals surface area contributed by atoms with Crippen molar-refractivity contribution in [3.05, 3.63) is 46.2 Å². The second-order valence-corrected chi connectivity index (χ2v) is 4.25. The van der Waals surface area contributed by atoms with Crippen molar-refractivity contribution >= 4 is 23.7 Å². The van der Waals surface area contributed by atoms with Gasteiger partial charge >= 0.3 is 0 Å². The van der Waals surface area contributed by atoms with Crippen LogP contribution in [0, 0.1) is 0 Å². The molecule has 0 bridgehead atoms. The van der Waals surface area contributed by atoms with Gasteiger partial charge in [-0.15, -0.1) is 12.4 Å². The molecule has 2 rings (SSSR count). The van der Waals surface area contributed by atoms with Crippen molar-refractivity contribution in [2.24, 2.45) is 5.73 Å². The number of thiophene rings is 1. The zero-order valence-corrected chi connectivity index (χ0v) is 10.9. The van der Waals surface area contributed by atoms with Gasteiger partial charge in [0, 0.05) is 0 Å². The van der Waals surface area contributed by atoms with Gasteiger partial charge in [-0.1, -0.05) is 6.07 Å². The number of aromatic hydroxyl groups is 1. The number of methoxy groups -OCH3 is 1. The number of ether oxygens (including phenoxy) is 1. The standard InChI is InChI=1S/C12H13NO2S.ClH/c1-15-11-3-2-8(6-10(11)14)12(13)9-4-5-16-7-9;/h2-7,12,14H,13H2,1H3;1H/t12-;/m1./s1. The molecular formula is C12H14ClNO2S. The van der Waals surface area contributed by atoms with Gasteiger partial charge in [0.25, 0.3) is 0 Å². The monoisotopic (exact) mass is 271 g/mol. The van der Waals surface area contributed by atoms with E-state index in [1.807, 2.05) is 22.9 Å². The van der Waals surface area contributed by atoms with E-state index in [1.165, 1.54) is 7.11 Å². The first-order valence-corrected chi connectivity index (χ1v) is 5.81. The Bertz CT molecular complexity index is 473. The topological polar surface area (TPSA) is 55.5 Å². The molecule has 0 unspecified atom stereocenters. The van der Waals surface area contributed by atoms with Crippen LogP contribution in [0.3, 0.4) is 0 Å². The number of halogens is 1. The van der Waals surface area contributed by atoms with E-state index in [1.54, 1.807) is 23.5 Å². The highest BCUT2D eigenvalue weighted by atomic mass is 35.5. The molecule has 1 aromatic carbocycles.